The van der Waals surface area contributed by atoms with Gasteiger partial charge in [0.25, 0.3) is 0 Å². The van der Waals surface area contributed by atoms with E-state index in [1.807, 2.05) is 55.5 Å². The molecule has 150 valence electrons. The molecule has 2 aromatic rings. The van der Waals surface area contributed by atoms with E-state index in [0.29, 0.717) is 13.1 Å². The van der Waals surface area contributed by atoms with Gasteiger partial charge >= 0.3 is 6.09 Å². The number of aliphatic hydroxyl groups excluding tert-OH is 2. The molecule has 1 saturated heterocycles. The maximum absolute atomic E-state index is 11.5. The van der Waals surface area contributed by atoms with Crippen molar-refractivity contribution in [2.75, 3.05) is 13.1 Å². The maximum atomic E-state index is 11.5. The predicted molar refractivity (Wildman–Crippen MR) is 107 cm³/mol. The third kappa shape index (κ3) is 4.19. The van der Waals surface area contributed by atoms with Crippen LogP contribution < -0.4 is 0 Å². The lowest BCUT2D eigenvalue weighted by atomic mass is 9.92. The number of carbonyl (C=O) groups is 1. The van der Waals surface area contributed by atoms with Gasteiger partial charge in [-0.25, -0.2) is 4.79 Å². The second-order valence-corrected chi connectivity index (χ2v) is 7.53. The first-order chi connectivity index (χ1) is 13.4. The normalized spacial score (nSPS) is 20.5. The quantitative estimate of drug-likeness (QED) is 0.738. The van der Waals surface area contributed by atoms with Gasteiger partial charge < -0.3 is 20.2 Å². The van der Waals surface area contributed by atoms with Crippen LogP contribution in [-0.4, -0.2) is 56.4 Å². The Labute approximate surface area is 165 Å². The predicted octanol–water partition coefficient (Wildman–Crippen LogP) is 2.83. The van der Waals surface area contributed by atoms with Crippen molar-refractivity contribution >= 4 is 6.09 Å². The molecule has 1 aliphatic heterocycles. The lowest BCUT2D eigenvalue weighted by Gasteiger charge is -2.46. The van der Waals surface area contributed by atoms with Gasteiger partial charge in [-0.15, -0.1) is 0 Å². The zero-order chi connectivity index (χ0) is 20.3. The third-order valence-electron chi connectivity index (χ3n) is 5.57. The van der Waals surface area contributed by atoms with E-state index in [-0.39, 0.29) is 31.3 Å². The molecule has 1 amide bonds. The molecule has 3 N–H and O–H groups in total. The highest BCUT2D eigenvalue weighted by atomic mass is 16.4. The third-order valence-corrected chi connectivity index (χ3v) is 5.57. The minimum absolute atomic E-state index is 0.000859. The summed E-state index contributed by atoms with van der Waals surface area (Å²) in [6.07, 6.45) is -0.879. The molecule has 28 heavy (non-hydrogen) atoms. The largest absolute Gasteiger partial charge is 0.465 e. The van der Waals surface area contributed by atoms with Crippen LogP contribution in [0.1, 0.15) is 42.1 Å². The fraction of sp³-hybridized carbons (Fsp3) is 0.409. The van der Waals surface area contributed by atoms with Crippen LogP contribution in [-0.2, 0) is 13.2 Å². The first-order valence-electron chi connectivity index (χ1n) is 9.59. The smallest absolute Gasteiger partial charge is 0.407 e. The second kappa shape index (κ2) is 8.73. The summed E-state index contributed by atoms with van der Waals surface area (Å²) in [5.74, 6) is 0. The first kappa shape index (κ1) is 20.3. The van der Waals surface area contributed by atoms with Crippen molar-refractivity contribution in [1.82, 2.24) is 9.80 Å². The average molecular weight is 384 g/mol. The van der Waals surface area contributed by atoms with Gasteiger partial charge in [0.1, 0.15) is 0 Å². The summed E-state index contributed by atoms with van der Waals surface area (Å²) < 4.78 is 0. The molecule has 0 spiro atoms. The monoisotopic (exact) mass is 384 g/mol. The molecular formula is C22H28N2O4. The Hall–Kier alpha value is -2.41. The van der Waals surface area contributed by atoms with Gasteiger partial charge in [-0.05, 0) is 36.1 Å². The Kier molecular flexibility index (Phi) is 6.34. The van der Waals surface area contributed by atoms with Crippen LogP contribution in [0.25, 0.3) is 0 Å². The van der Waals surface area contributed by atoms with Crippen molar-refractivity contribution in [3.8, 4) is 0 Å². The standard InChI is InChI=1S/C22H28N2O4/c1-15-12-24(22(27)28)16(2)11-23(15)21(19-7-3-17(13-25)4-8-19)20-9-5-18(14-26)6-10-20/h3-10,15-16,21,25-26H,11-14H2,1-2H3,(H,27,28)/t15-,16+/m1/s1. The number of carboxylic acid groups (broad SMARTS) is 1. The minimum atomic E-state index is -0.879. The molecule has 0 aromatic heterocycles. The topological polar surface area (TPSA) is 84.2 Å². The summed E-state index contributed by atoms with van der Waals surface area (Å²) in [6, 6.07) is 15.7. The number of piperazine rings is 1. The molecule has 6 nitrogen and oxygen atoms in total. The molecule has 1 heterocycles. The molecule has 0 bridgehead atoms. The van der Waals surface area contributed by atoms with Crippen molar-refractivity contribution in [1.29, 1.82) is 0 Å². The molecule has 1 aliphatic rings. The SMILES string of the molecule is C[C@@H]1CN(C(=O)O)[C@@H](C)CN1C(c1ccc(CO)cc1)c1ccc(CO)cc1. The van der Waals surface area contributed by atoms with Crippen LogP contribution >= 0.6 is 0 Å². The Bertz CT molecular complexity index is 744. The number of rotatable bonds is 5. The fourth-order valence-electron chi connectivity index (χ4n) is 3.97. The second-order valence-electron chi connectivity index (χ2n) is 7.53. The van der Waals surface area contributed by atoms with E-state index in [1.54, 1.807) is 0 Å². The van der Waals surface area contributed by atoms with Crippen LogP contribution in [0.15, 0.2) is 48.5 Å². The number of nitrogens with zero attached hydrogens (tertiary/aromatic N) is 2. The Morgan fingerprint density at radius 2 is 1.36 bits per heavy atom. The van der Waals surface area contributed by atoms with Gasteiger partial charge in [0.05, 0.1) is 19.3 Å². The number of amides is 1. The fourth-order valence-corrected chi connectivity index (χ4v) is 3.97. The van der Waals surface area contributed by atoms with Crippen LogP contribution in [0, 0.1) is 0 Å². The summed E-state index contributed by atoms with van der Waals surface area (Å²) in [6.45, 7) is 5.08. The molecule has 6 heteroatoms. The van der Waals surface area contributed by atoms with Crippen molar-refractivity contribution < 1.29 is 20.1 Å². The van der Waals surface area contributed by atoms with E-state index in [2.05, 4.69) is 11.8 Å². The van der Waals surface area contributed by atoms with Gasteiger partial charge in [0.2, 0.25) is 0 Å². The first-order valence-corrected chi connectivity index (χ1v) is 9.59. The van der Waals surface area contributed by atoms with Crippen LogP contribution in [0.3, 0.4) is 0 Å². The lowest BCUT2D eigenvalue weighted by Crippen LogP contribution is -2.58. The number of hydrogen-bond donors (Lipinski definition) is 3. The number of benzene rings is 2. The highest BCUT2D eigenvalue weighted by molar-refractivity contribution is 5.65. The highest BCUT2D eigenvalue weighted by Gasteiger charge is 2.36. The molecule has 2 atom stereocenters. The summed E-state index contributed by atoms with van der Waals surface area (Å²) in [5, 5.41) is 28.2. The van der Waals surface area contributed by atoms with Crippen molar-refractivity contribution in [2.24, 2.45) is 0 Å². The van der Waals surface area contributed by atoms with Gasteiger partial charge in [0, 0.05) is 25.2 Å². The average Bonchev–Trinajstić information content (AvgIpc) is 2.71. The Morgan fingerprint density at radius 1 is 0.893 bits per heavy atom. The van der Waals surface area contributed by atoms with E-state index in [9.17, 15) is 20.1 Å². The van der Waals surface area contributed by atoms with Crippen molar-refractivity contribution in [3.05, 3.63) is 70.8 Å². The van der Waals surface area contributed by atoms with Gasteiger partial charge in [-0.3, -0.25) is 4.90 Å². The van der Waals surface area contributed by atoms with Crippen molar-refractivity contribution in [2.45, 2.75) is 45.2 Å². The van der Waals surface area contributed by atoms with E-state index < -0.39 is 6.09 Å². The van der Waals surface area contributed by atoms with E-state index in [0.717, 1.165) is 22.3 Å². The van der Waals surface area contributed by atoms with Gasteiger partial charge in [-0.2, -0.15) is 0 Å². The summed E-state index contributed by atoms with van der Waals surface area (Å²) in [7, 11) is 0. The molecule has 1 fully saturated rings. The summed E-state index contributed by atoms with van der Waals surface area (Å²) in [5.41, 5.74) is 3.90. The summed E-state index contributed by atoms with van der Waals surface area (Å²) >= 11 is 0. The van der Waals surface area contributed by atoms with Crippen LogP contribution in [0.5, 0.6) is 0 Å². The van der Waals surface area contributed by atoms with Crippen LogP contribution in [0.2, 0.25) is 0 Å². The van der Waals surface area contributed by atoms with Crippen molar-refractivity contribution in [3.63, 3.8) is 0 Å². The Balaban J connectivity index is 1.98. The zero-order valence-electron chi connectivity index (χ0n) is 16.3. The minimum Gasteiger partial charge on any atom is -0.465 e. The van der Waals surface area contributed by atoms with Gasteiger partial charge in [0.15, 0.2) is 0 Å². The molecular weight excluding hydrogens is 356 g/mol. The van der Waals surface area contributed by atoms with E-state index >= 15 is 0 Å². The lowest BCUT2D eigenvalue weighted by molar-refractivity contribution is 0.0280. The molecule has 0 aliphatic carbocycles. The number of aliphatic hydroxyl groups is 2. The molecule has 0 radical (unpaired) electrons. The number of hydrogen-bond acceptors (Lipinski definition) is 4. The molecule has 3 rings (SSSR count). The zero-order valence-corrected chi connectivity index (χ0v) is 16.3. The molecule has 0 saturated carbocycles. The van der Waals surface area contributed by atoms with E-state index in [4.69, 9.17) is 0 Å². The Morgan fingerprint density at radius 3 is 1.75 bits per heavy atom. The summed E-state index contributed by atoms with van der Waals surface area (Å²) in [4.78, 5) is 15.4. The van der Waals surface area contributed by atoms with Gasteiger partial charge in [-0.1, -0.05) is 48.5 Å². The molecule has 2 aromatic carbocycles. The van der Waals surface area contributed by atoms with Crippen LogP contribution in [0.4, 0.5) is 4.79 Å². The maximum Gasteiger partial charge on any atom is 0.407 e. The highest BCUT2D eigenvalue weighted by Crippen LogP contribution is 2.33. The molecule has 0 unspecified atom stereocenters. The van der Waals surface area contributed by atoms with E-state index in [1.165, 1.54) is 4.90 Å².